The highest BCUT2D eigenvalue weighted by atomic mass is 16.5. The Morgan fingerprint density at radius 3 is 2.52 bits per heavy atom. The SMILES string of the molecule is CCCn1nc(C(=O)OC(C)C(=O)N(C)c2ccccc2)ccc1=O. The molecule has 132 valence electrons. The number of esters is 1. The topological polar surface area (TPSA) is 81.5 Å². The minimum atomic E-state index is -0.981. The second-order valence-electron chi connectivity index (χ2n) is 5.56. The third-order valence-corrected chi connectivity index (χ3v) is 3.62. The number of amides is 1. The van der Waals surface area contributed by atoms with Gasteiger partial charge in [-0.1, -0.05) is 25.1 Å². The van der Waals surface area contributed by atoms with E-state index in [4.69, 9.17) is 4.74 Å². The predicted octanol–water partition coefficient (Wildman–Crippen LogP) is 1.86. The van der Waals surface area contributed by atoms with Crippen LogP contribution in [0, 0.1) is 0 Å². The van der Waals surface area contributed by atoms with Crippen LogP contribution in [0.5, 0.6) is 0 Å². The number of rotatable bonds is 6. The van der Waals surface area contributed by atoms with Gasteiger partial charge in [0.25, 0.3) is 11.5 Å². The average Bonchev–Trinajstić information content (AvgIpc) is 2.63. The summed E-state index contributed by atoms with van der Waals surface area (Å²) in [4.78, 5) is 37.7. The van der Waals surface area contributed by atoms with Crippen LogP contribution in [-0.4, -0.2) is 34.8 Å². The standard InChI is InChI=1S/C18H21N3O4/c1-4-12-21-16(22)11-10-15(19-21)18(24)25-13(2)17(23)20(3)14-8-6-5-7-9-14/h5-11,13H,4,12H2,1-3H3. The fourth-order valence-electron chi connectivity index (χ4n) is 2.25. The third kappa shape index (κ3) is 4.53. The molecule has 7 nitrogen and oxygen atoms in total. The van der Waals surface area contributed by atoms with E-state index in [-0.39, 0.29) is 17.2 Å². The number of anilines is 1. The zero-order chi connectivity index (χ0) is 18.4. The van der Waals surface area contributed by atoms with E-state index in [1.54, 1.807) is 19.2 Å². The van der Waals surface area contributed by atoms with Crippen molar-refractivity contribution in [1.29, 1.82) is 0 Å². The molecule has 1 heterocycles. The lowest BCUT2D eigenvalue weighted by molar-refractivity contribution is -0.126. The number of hydrogen-bond donors (Lipinski definition) is 0. The van der Waals surface area contributed by atoms with Gasteiger partial charge in [-0.25, -0.2) is 9.48 Å². The first-order valence-electron chi connectivity index (χ1n) is 8.05. The van der Waals surface area contributed by atoms with Gasteiger partial charge in [-0.2, -0.15) is 5.10 Å². The van der Waals surface area contributed by atoms with E-state index >= 15 is 0 Å². The lowest BCUT2D eigenvalue weighted by atomic mass is 10.2. The van der Waals surface area contributed by atoms with Gasteiger partial charge in [0, 0.05) is 25.3 Å². The molecule has 0 N–H and O–H groups in total. The summed E-state index contributed by atoms with van der Waals surface area (Å²) >= 11 is 0. The van der Waals surface area contributed by atoms with Crippen LogP contribution >= 0.6 is 0 Å². The van der Waals surface area contributed by atoms with Gasteiger partial charge in [-0.15, -0.1) is 0 Å². The molecule has 0 aliphatic heterocycles. The molecule has 0 saturated carbocycles. The zero-order valence-electron chi connectivity index (χ0n) is 14.5. The molecule has 1 unspecified atom stereocenters. The van der Waals surface area contributed by atoms with E-state index in [0.29, 0.717) is 18.7 Å². The average molecular weight is 343 g/mol. The molecule has 0 bridgehead atoms. The highest BCUT2D eigenvalue weighted by Gasteiger charge is 2.24. The van der Waals surface area contributed by atoms with E-state index in [2.05, 4.69) is 5.10 Å². The van der Waals surface area contributed by atoms with Crippen LogP contribution in [0.1, 0.15) is 30.8 Å². The maximum absolute atomic E-state index is 12.4. The number of nitrogens with zero attached hydrogens (tertiary/aromatic N) is 3. The molecule has 0 saturated heterocycles. The van der Waals surface area contributed by atoms with Gasteiger partial charge in [0.1, 0.15) is 0 Å². The molecule has 0 fully saturated rings. The lowest BCUT2D eigenvalue weighted by Gasteiger charge is -2.21. The minimum absolute atomic E-state index is 0.00457. The zero-order valence-corrected chi connectivity index (χ0v) is 14.5. The van der Waals surface area contributed by atoms with Gasteiger partial charge in [-0.05, 0) is 31.5 Å². The van der Waals surface area contributed by atoms with Crippen LogP contribution in [0.25, 0.3) is 0 Å². The number of likely N-dealkylation sites (N-methyl/N-ethyl adjacent to an activating group) is 1. The van der Waals surface area contributed by atoms with Gasteiger partial charge in [-0.3, -0.25) is 9.59 Å². The molecule has 0 radical (unpaired) electrons. The van der Waals surface area contributed by atoms with Crippen molar-refractivity contribution < 1.29 is 14.3 Å². The van der Waals surface area contributed by atoms with Crippen LogP contribution in [0.3, 0.4) is 0 Å². The van der Waals surface area contributed by atoms with Crippen LogP contribution in [0.2, 0.25) is 0 Å². The monoisotopic (exact) mass is 343 g/mol. The summed E-state index contributed by atoms with van der Waals surface area (Å²) in [6.45, 7) is 3.81. The number of para-hydroxylation sites is 1. The lowest BCUT2D eigenvalue weighted by Crippen LogP contribution is -2.37. The summed E-state index contributed by atoms with van der Waals surface area (Å²) in [6, 6.07) is 11.6. The summed E-state index contributed by atoms with van der Waals surface area (Å²) in [6.07, 6.45) is -0.270. The summed E-state index contributed by atoms with van der Waals surface area (Å²) in [5, 5.41) is 3.98. The number of aromatic nitrogens is 2. The van der Waals surface area contributed by atoms with Crippen molar-refractivity contribution in [2.45, 2.75) is 32.9 Å². The number of benzene rings is 1. The largest absolute Gasteiger partial charge is 0.448 e. The second-order valence-corrected chi connectivity index (χ2v) is 5.56. The van der Waals surface area contributed by atoms with E-state index in [1.165, 1.54) is 28.6 Å². The quantitative estimate of drug-likeness (QED) is 0.748. The fourth-order valence-corrected chi connectivity index (χ4v) is 2.25. The third-order valence-electron chi connectivity index (χ3n) is 3.62. The normalized spacial score (nSPS) is 11.6. The van der Waals surface area contributed by atoms with Crippen LogP contribution in [-0.2, 0) is 16.1 Å². The second kappa shape index (κ2) is 8.23. The van der Waals surface area contributed by atoms with Crippen molar-refractivity contribution in [3.8, 4) is 0 Å². The summed E-state index contributed by atoms with van der Waals surface area (Å²) in [5.41, 5.74) is 0.409. The van der Waals surface area contributed by atoms with Crippen molar-refractivity contribution in [2.75, 3.05) is 11.9 Å². The molecule has 0 spiro atoms. The molecule has 1 aromatic heterocycles. The highest BCUT2D eigenvalue weighted by Crippen LogP contribution is 2.13. The molecule has 1 aromatic carbocycles. The van der Waals surface area contributed by atoms with Gasteiger partial charge in [0.15, 0.2) is 11.8 Å². The Morgan fingerprint density at radius 1 is 1.20 bits per heavy atom. The molecular weight excluding hydrogens is 322 g/mol. The van der Waals surface area contributed by atoms with Crippen molar-refractivity contribution in [3.63, 3.8) is 0 Å². The Labute approximate surface area is 145 Å². The number of hydrogen-bond acceptors (Lipinski definition) is 5. The Bertz CT molecular complexity index is 801. The maximum Gasteiger partial charge on any atom is 0.359 e. The number of aryl methyl sites for hydroxylation is 1. The van der Waals surface area contributed by atoms with E-state index in [0.717, 1.165) is 0 Å². The number of carbonyl (C=O) groups excluding carboxylic acids is 2. The maximum atomic E-state index is 12.4. The fraction of sp³-hybridized carbons (Fsp3) is 0.333. The van der Waals surface area contributed by atoms with Gasteiger partial charge in [0.2, 0.25) is 0 Å². The molecule has 2 aromatic rings. The van der Waals surface area contributed by atoms with Crippen molar-refractivity contribution in [1.82, 2.24) is 9.78 Å². The molecule has 2 rings (SSSR count). The molecule has 25 heavy (non-hydrogen) atoms. The minimum Gasteiger partial charge on any atom is -0.448 e. The smallest absolute Gasteiger partial charge is 0.359 e. The van der Waals surface area contributed by atoms with Crippen molar-refractivity contribution in [2.24, 2.45) is 0 Å². The molecular formula is C18H21N3O4. The van der Waals surface area contributed by atoms with Crippen LogP contribution in [0.4, 0.5) is 5.69 Å². The summed E-state index contributed by atoms with van der Waals surface area (Å²) < 4.78 is 6.41. The van der Waals surface area contributed by atoms with Crippen LogP contribution < -0.4 is 10.5 Å². The highest BCUT2D eigenvalue weighted by molar-refractivity contribution is 5.98. The van der Waals surface area contributed by atoms with Gasteiger partial charge in [0.05, 0.1) is 0 Å². The number of ether oxygens (including phenoxy) is 1. The predicted molar refractivity (Wildman–Crippen MR) is 93.5 cm³/mol. The summed E-state index contributed by atoms with van der Waals surface area (Å²) in [5.74, 6) is -1.10. The number of carbonyl (C=O) groups is 2. The Morgan fingerprint density at radius 2 is 1.88 bits per heavy atom. The van der Waals surface area contributed by atoms with Gasteiger partial charge >= 0.3 is 5.97 Å². The first kappa shape index (κ1) is 18.4. The molecule has 1 amide bonds. The van der Waals surface area contributed by atoms with Crippen molar-refractivity contribution in [3.05, 3.63) is 58.5 Å². The molecule has 0 aliphatic rings. The Hall–Kier alpha value is -2.96. The molecule has 1 atom stereocenters. The van der Waals surface area contributed by atoms with E-state index in [1.807, 2.05) is 25.1 Å². The molecule has 0 aliphatic carbocycles. The van der Waals surface area contributed by atoms with Crippen molar-refractivity contribution >= 4 is 17.6 Å². The van der Waals surface area contributed by atoms with E-state index < -0.39 is 12.1 Å². The van der Waals surface area contributed by atoms with Crippen LogP contribution in [0.15, 0.2) is 47.3 Å². The first-order chi connectivity index (χ1) is 11.9. The summed E-state index contributed by atoms with van der Waals surface area (Å²) in [7, 11) is 1.61. The Kier molecular flexibility index (Phi) is 6.05. The Balaban J connectivity index is 2.08. The van der Waals surface area contributed by atoms with E-state index in [9.17, 15) is 14.4 Å². The molecule has 7 heteroatoms. The first-order valence-corrected chi connectivity index (χ1v) is 8.05. The van der Waals surface area contributed by atoms with Gasteiger partial charge < -0.3 is 9.64 Å².